The number of carbonyl (C=O) groups excluding carboxylic acids is 2. The number of amides is 2. The Bertz CT molecular complexity index is 890. The first-order valence-corrected chi connectivity index (χ1v) is 9.06. The van der Waals surface area contributed by atoms with Gasteiger partial charge in [-0.15, -0.1) is 0 Å². The molecule has 0 aliphatic heterocycles. The lowest BCUT2D eigenvalue weighted by Gasteiger charge is -2.19. The Kier molecular flexibility index (Phi) is 5.86. The van der Waals surface area contributed by atoms with Gasteiger partial charge in [-0.25, -0.2) is 5.43 Å². The highest BCUT2D eigenvalue weighted by atomic mass is 16.3. The summed E-state index contributed by atoms with van der Waals surface area (Å²) < 4.78 is 0. The monoisotopic (exact) mass is 365 g/mol. The molecule has 140 valence electrons. The molecule has 0 atom stereocenters. The van der Waals surface area contributed by atoms with Gasteiger partial charge >= 0.3 is 0 Å². The van der Waals surface area contributed by atoms with Crippen LogP contribution in [0.1, 0.15) is 47.7 Å². The van der Waals surface area contributed by atoms with Gasteiger partial charge in [0.2, 0.25) is 5.91 Å². The van der Waals surface area contributed by atoms with Gasteiger partial charge in [0.25, 0.3) is 5.91 Å². The third kappa shape index (κ3) is 4.94. The molecule has 0 bridgehead atoms. The largest absolute Gasteiger partial charge is 0.508 e. The fourth-order valence-electron chi connectivity index (χ4n) is 3.22. The van der Waals surface area contributed by atoms with Crippen LogP contribution in [-0.4, -0.2) is 22.6 Å². The quantitative estimate of drug-likeness (QED) is 0.560. The minimum atomic E-state index is -0.442. The maximum atomic E-state index is 12.3. The van der Waals surface area contributed by atoms with E-state index >= 15 is 0 Å². The zero-order valence-electron chi connectivity index (χ0n) is 15.3. The van der Waals surface area contributed by atoms with Crippen LogP contribution in [0.5, 0.6) is 5.75 Å². The third-order valence-electron chi connectivity index (χ3n) is 4.54. The lowest BCUT2D eigenvalue weighted by molar-refractivity contribution is -0.115. The Balaban J connectivity index is 1.58. The zero-order valence-corrected chi connectivity index (χ0v) is 15.3. The van der Waals surface area contributed by atoms with E-state index < -0.39 is 5.91 Å². The van der Waals surface area contributed by atoms with Crippen LogP contribution in [0.15, 0.2) is 47.6 Å². The molecule has 0 spiro atoms. The molecule has 2 aromatic carbocycles. The number of hydrazone groups is 1. The normalized spacial score (nSPS) is 13.6. The van der Waals surface area contributed by atoms with Gasteiger partial charge < -0.3 is 10.4 Å². The van der Waals surface area contributed by atoms with E-state index in [2.05, 4.69) is 21.9 Å². The number of benzene rings is 2. The Hall–Kier alpha value is -3.15. The molecule has 3 rings (SSSR count). The number of carbonyl (C=O) groups is 2. The number of nitrogens with one attached hydrogen (secondary N) is 2. The fraction of sp³-hybridized carbons (Fsp3) is 0.286. The summed E-state index contributed by atoms with van der Waals surface area (Å²) in [5, 5.41) is 16.4. The van der Waals surface area contributed by atoms with E-state index in [1.807, 2.05) is 12.1 Å². The summed E-state index contributed by atoms with van der Waals surface area (Å²) in [6, 6.07) is 12.0. The Morgan fingerprint density at radius 3 is 2.70 bits per heavy atom. The first-order chi connectivity index (χ1) is 13.0. The summed E-state index contributed by atoms with van der Waals surface area (Å²) in [5.74, 6) is -0.599. The number of phenols is 1. The van der Waals surface area contributed by atoms with Gasteiger partial charge in [0, 0.05) is 17.0 Å². The van der Waals surface area contributed by atoms with Crippen molar-refractivity contribution >= 4 is 23.2 Å². The molecule has 27 heavy (non-hydrogen) atoms. The SMILES string of the molecule is CC(CC(=O)Nc1cccc2c1CCCC2)=NNC(=O)c1cccc(O)c1. The maximum Gasteiger partial charge on any atom is 0.271 e. The number of fused-ring (bicyclic) bond motifs is 1. The second-order valence-electron chi connectivity index (χ2n) is 6.71. The molecule has 0 saturated carbocycles. The Morgan fingerprint density at radius 2 is 1.89 bits per heavy atom. The minimum absolute atomic E-state index is 0.00826. The van der Waals surface area contributed by atoms with Crippen LogP contribution in [0.4, 0.5) is 5.69 Å². The van der Waals surface area contributed by atoms with Crippen molar-refractivity contribution in [2.24, 2.45) is 5.10 Å². The number of aryl methyl sites for hydroxylation is 1. The van der Waals surface area contributed by atoms with Crippen molar-refractivity contribution in [3.05, 3.63) is 59.2 Å². The van der Waals surface area contributed by atoms with Crippen LogP contribution >= 0.6 is 0 Å². The van der Waals surface area contributed by atoms with Crippen LogP contribution in [0.25, 0.3) is 0 Å². The molecule has 0 fully saturated rings. The van der Waals surface area contributed by atoms with Crippen molar-refractivity contribution < 1.29 is 14.7 Å². The van der Waals surface area contributed by atoms with Crippen LogP contribution in [0.3, 0.4) is 0 Å². The molecule has 3 N–H and O–H groups in total. The summed E-state index contributed by atoms with van der Waals surface area (Å²) in [5.41, 5.74) is 6.60. The van der Waals surface area contributed by atoms with Crippen LogP contribution < -0.4 is 10.7 Å². The summed E-state index contributed by atoms with van der Waals surface area (Å²) >= 11 is 0. The molecule has 0 saturated heterocycles. The van der Waals surface area contributed by atoms with Crippen molar-refractivity contribution in [2.45, 2.75) is 39.0 Å². The minimum Gasteiger partial charge on any atom is -0.508 e. The van der Waals surface area contributed by atoms with E-state index in [1.54, 1.807) is 19.1 Å². The lowest BCUT2D eigenvalue weighted by atomic mass is 9.90. The molecule has 1 aliphatic carbocycles. The molecule has 1 aliphatic rings. The molecule has 2 aromatic rings. The molecule has 0 heterocycles. The molecule has 6 nitrogen and oxygen atoms in total. The van der Waals surface area contributed by atoms with Crippen molar-refractivity contribution in [3.8, 4) is 5.75 Å². The number of rotatable bonds is 5. The molecular formula is C21H23N3O3. The van der Waals surface area contributed by atoms with Gasteiger partial charge in [-0.3, -0.25) is 9.59 Å². The first-order valence-electron chi connectivity index (χ1n) is 9.06. The number of anilines is 1. The van der Waals surface area contributed by atoms with E-state index in [0.717, 1.165) is 24.9 Å². The van der Waals surface area contributed by atoms with Crippen molar-refractivity contribution in [1.29, 1.82) is 0 Å². The number of hydrogen-bond donors (Lipinski definition) is 3. The number of hydrogen-bond acceptors (Lipinski definition) is 4. The van der Waals surface area contributed by atoms with Gasteiger partial charge in [-0.2, -0.15) is 5.10 Å². The van der Waals surface area contributed by atoms with E-state index in [4.69, 9.17) is 0 Å². The predicted molar refractivity (Wildman–Crippen MR) is 105 cm³/mol. The topological polar surface area (TPSA) is 90.8 Å². The smallest absolute Gasteiger partial charge is 0.271 e. The van der Waals surface area contributed by atoms with Gasteiger partial charge in [0.05, 0.1) is 6.42 Å². The third-order valence-corrected chi connectivity index (χ3v) is 4.54. The molecule has 0 radical (unpaired) electrons. The van der Waals surface area contributed by atoms with E-state index in [9.17, 15) is 14.7 Å². The zero-order chi connectivity index (χ0) is 19.2. The van der Waals surface area contributed by atoms with Gasteiger partial charge in [0.15, 0.2) is 0 Å². The molecule has 2 amide bonds. The van der Waals surface area contributed by atoms with Crippen LogP contribution in [0, 0.1) is 0 Å². The van der Waals surface area contributed by atoms with Crippen molar-refractivity contribution in [3.63, 3.8) is 0 Å². The second kappa shape index (κ2) is 8.49. The highest BCUT2D eigenvalue weighted by Crippen LogP contribution is 2.27. The Morgan fingerprint density at radius 1 is 1.11 bits per heavy atom. The lowest BCUT2D eigenvalue weighted by Crippen LogP contribution is -2.22. The molecule has 6 heteroatoms. The number of nitrogens with zero attached hydrogens (tertiary/aromatic N) is 1. The molecular weight excluding hydrogens is 342 g/mol. The first kappa shape index (κ1) is 18.6. The Labute approximate surface area is 158 Å². The van der Waals surface area contributed by atoms with Gasteiger partial charge in [-0.05, 0) is 68.0 Å². The maximum absolute atomic E-state index is 12.3. The summed E-state index contributed by atoms with van der Waals surface area (Å²) in [7, 11) is 0. The predicted octanol–water partition coefficient (Wildman–Crippen LogP) is 3.41. The van der Waals surface area contributed by atoms with E-state index in [1.165, 1.54) is 29.7 Å². The van der Waals surface area contributed by atoms with E-state index in [-0.39, 0.29) is 18.1 Å². The number of phenolic OH excluding ortho intramolecular Hbond substituents is 1. The van der Waals surface area contributed by atoms with Gasteiger partial charge in [0.1, 0.15) is 5.75 Å². The number of aromatic hydroxyl groups is 1. The average molecular weight is 365 g/mol. The van der Waals surface area contributed by atoms with Crippen LogP contribution in [0.2, 0.25) is 0 Å². The average Bonchev–Trinajstić information content (AvgIpc) is 2.66. The summed E-state index contributed by atoms with van der Waals surface area (Å²) in [6.07, 6.45) is 4.46. The summed E-state index contributed by atoms with van der Waals surface area (Å²) in [4.78, 5) is 24.3. The molecule has 0 unspecified atom stereocenters. The van der Waals surface area contributed by atoms with Crippen molar-refractivity contribution in [2.75, 3.05) is 5.32 Å². The van der Waals surface area contributed by atoms with Gasteiger partial charge in [-0.1, -0.05) is 18.2 Å². The highest BCUT2D eigenvalue weighted by molar-refractivity contribution is 6.06. The molecule has 0 aromatic heterocycles. The van der Waals surface area contributed by atoms with Crippen LogP contribution in [-0.2, 0) is 17.6 Å². The van der Waals surface area contributed by atoms with E-state index in [0.29, 0.717) is 11.3 Å². The highest BCUT2D eigenvalue weighted by Gasteiger charge is 2.15. The summed E-state index contributed by atoms with van der Waals surface area (Å²) in [6.45, 7) is 1.68. The van der Waals surface area contributed by atoms with Crippen molar-refractivity contribution in [1.82, 2.24) is 5.43 Å². The standard InChI is InChI=1S/C21H23N3O3/c1-14(23-24-21(27)16-8-4-9-17(25)13-16)12-20(26)22-19-11-5-7-15-6-2-3-10-18(15)19/h4-5,7-9,11,13,25H,2-3,6,10,12H2,1H3,(H,22,26)(H,24,27). The fourth-order valence-corrected chi connectivity index (χ4v) is 3.22. The second-order valence-corrected chi connectivity index (χ2v) is 6.71.